The second-order valence-electron chi connectivity index (χ2n) is 8.10. The van der Waals surface area contributed by atoms with Gasteiger partial charge < -0.3 is 15.2 Å². The minimum atomic E-state index is -0.975. The molecular formula is C25H24N4O3. The molecule has 0 bridgehead atoms. The largest absolute Gasteiger partial charge is 0.465 e. The van der Waals surface area contributed by atoms with Crippen LogP contribution in [0, 0.1) is 24.2 Å². The van der Waals surface area contributed by atoms with Crippen LogP contribution in [0.3, 0.4) is 0 Å². The van der Waals surface area contributed by atoms with Crippen molar-refractivity contribution in [2.75, 3.05) is 7.11 Å². The number of aryl methyl sites for hydroxylation is 1. The zero-order chi connectivity index (χ0) is 23.0. The molecule has 0 spiro atoms. The van der Waals surface area contributed by atoms with Gasteiger partial charge in [0.05, 0.1) is 23.7 Å². The molecule has 1 aliphatic rings. The summed E-state index contributed by atoms with van der Waals surface area (Å²) in [6.07, 6.45) is 0. The third-order valence-corrected chi connectivity index (χ3v) is 6.05. The van der Waals surface area contributed by atoms with Crippen LogP contribution in [0.15, 0.2) is 60.0 Å². The molecule has 0 radical (unpaired) electrons. The molecule has 32 heavy (non-hydrogen) atoms. The van der Waals surface area contributed by atoms with E-state index in [9.17, 15) is 10.1 Å². The number of nitrogens with one attached hydrogen (secondary N) is 1. The molecule has 0 saturated heterocycles. The molecule has 7 heteroatoms. The van der Waals surface area contributed by atoms with Crippen molar-refractivity contribution in [3.63, 3.8) is 0 Å². The number of allylic oxidation sites excluding steroid dienone is 1. The first-order valence-electron chi connectivity index (χ1n) is 10.3. The minimum Gasteiger partial charge on any atom is -0.465 e. The molecule has 1 aromatic heterocycles. The quantitative estimate of drug-likeness (QED) is 0.602. The van der Waals surface area contributed by atoms with E-state index in [0.29, 0.717) is 11.4 Å². The summed E-state index contributed by atoms with van der Waals surface area (Å²) in [5.41, 5.74) is 9.92. The normalized spacial score (nSPS) is 17.5. The first-order chi connectivity index (χ1) is 15.3. The summed E-state index contributed by atoms with van der Waals surface area (Å²) < 4.78 is 10.7. The number of aromatic amines is 1. The Labute approximate surface area is 186 Å². The molecule has 3 N–H and O–H groups in total. The van der Waals surface area contributed by atoms with Crippen LogP contribution in [0.1, 0.15) is 41.0 Å². The van der Waals surface area contributed by atoms with Gasteiger partial charge in [0, 0.05) is 5.69 Å². The van der Waals surface area contributed by atoms with Crippen molar-refractivity contribution in [1.82, 2.24) is 10.2 Å². The maximum atomic E-state index is 12.6. The second-order valence-corrected chi connectivity index (χ2v) is 8.10. The van der Waals surface area contributed by atoms with Gasteiger partial charge in [-0.1, -0.05) is 44.2 Å². The number of fused-ring (bicyclic) bond motifs is 1. The van der Waals surface area contributed by atoms with Crippen LogP contribution in [0.2, 0.25) is 0 Å². The first-order valence-corrected chi connectivity index (χ1v) is 10.3. The van der Waals surface area contributed by atoms with Crippen molar-refractivity contribution in [3.8, 4) is 23.1 Å². The summed E-state index contributed by atoms with van der Waals surface area (Å²) in [6.45, 7) is 5.91. The number of hydrogen-bond donors (Lipinski definition) is 2. The lowest BCUT2D eigenvalue weighted by molar-refractivity contribution is 0.0600. The van der Waals surface area contributed by atoms with Gasteiger partial charge in [0.15, 0.2) is 0 Å². The summed E-state index contributed by atoms with van der Waals surface area (Å²) in [6, 6.07) is 17.6. The fourth-order valence-corrected chi connectivity index (χ4v) is 4.65. The van der Waals surface area contributed by atoms with Gasteiger partial charge in [0.2, 0.25) is 11.8 Å². The smallest absolute Gasteiger partial charge is 0.337 e. The van der Waals surface area contributed by atoms with E-state index in [1.54, 1.807) is 12.1 Å². The van der Waals surface area contributed by atoms with Crippen molar-refractivity contribution in [2.45, 2.75) is 26.2 Å². The van der Waals surface area contributed by atoms with Gasteiger partial charge in [0.25, 0.3) is 0 Å². The van der Waals surface area contributed by atoms with E-state index in [2.05, 4.69) is 16.3 Å². The van der Waals surface area contributed by atoms with E-state index < -0.39 is 11.4 Å². The van der Waals surface area contributed by atoms with E-state index in [1.165, 1.54) is 7.11 Å². The monoisotopic (exact) mass is 428 g/mol. The number of hydrogen-bond acceptors (Lipinski definition) is 6. The molecule has 2 heterocycles. The van der Waals surface area contributed by atoms with Crippen molar-refractivity contribution in [3.05, 3.63) is 82.4 Å². The Morgan fingerprint density at radius 1 is 1.22 bits per heavy atom. The van der Waals surface area contributed by atoms with Crippen LogP contribution in [0.4, 0.5) is 0 Å². The number of ether oxygens (including phenoxy) is 2. The SMILES string of the molecule is COC(=O)c1cc(-c2ccccc2)cc(C2(C(C)C)C(C#N)=C(N)Oc3n[nH]c(C)c32)c1. The molecule has 7 nitrogen and oxygen atoms in total. The standard InChI is InChI=1S/C25H24N4O3/c1-14(2)25(20(13-26)22(27)32-23-21(25)15(3)28-29-23)19-11-17(16-8-6-5-7-9-16)10-18(12-19)24(30)31-4/h5-12,14H,27H2,1-4H3,(H,28,29). The van der Waals surface area contributed by atoms with E-state index >= 15 is 0 Å². The highest BCUT2D eigenvalue weighted by Crippen LogP contribution is 2.53. The lowest BCUT2D eigenvalue weighted by atomic mass is 9.61. The Bertz CT molecular complexity index is 1270. The number of methoxy groups -OCH3 is 1. The molecule has 1 aliphatic heterocycles. The average Bonchev–Trinajstić information content (AvgIpc) is 3.17. The first kappa shape index (κ1) is 21.2. The van der Waals surface area contributed by atoms with Crippen LogP contribution in [-0.4, -0.2) is 23.3 Å². The highest BCUT2D eigenvalue weighted by Gasteiger charge is 2.51. The second kappa shape index (κ2) is 7.89. The van der Waals surface area contributed by atoms with Gasteiger partial charge in [-0.15, -0.1) is 5.10 Å². The number of rotatable bonds is 4. The predicted molar refractivity (Wildman–Crippen MR) is 120 cm³/mol. The number of carbonyl (C=O) groups excluding carboxylic acids is 1. The molecule has 162 valence electrons. The summed E-state index contributed by atoms with van der Waals surface area (Å²) in [5, 5.41) is 17.4. The van der Waals surface area contributed by atoms with Gasteiger partial charge >= 0.3 is 5.97 Å². The van der Waals surface area contributed by atoms with Crippen molar-refractivity contribution < 1.29 is 14.3 Å². The molecule has 0 fully saturated rings. The number of carbonyl (C=O) groups is 1. The predicted octanol–water partition coefficient (Wildman–Crippen LogP) is 4.20. The molecule has 3 aromatic rings. The van der Waals surface area contributed by atoms with Crippen LogP contribution in [-0.2, 0) is 10.2 Å². The molecule has 2 aromatic carbocycles. The fourth-order valence-electron chi connectivity index (χ4n) is 4.65. The molecule has 0 amide bonds. The number of nitriles is 1. The molecule has 0 saturated carbocycles. The zero-order valence-electron chi connectivity index (χ0n) is 18.4. The Hall–Kier alpha value is -4.05. The minimum absolute atomic E-state index is 0.00457. The van der Waals surface area contributed by atoms with Gasteiger partial charge in [-0.3, -0.25) is 5.10 Å². The van der Waals surface area contributed by atoms with Gasteiger partial charge in [-0.2, -0.15) is 5.26 Å². The van der Waals surface area contributed by atoms with E-state index in [-0.39, 0.29) is 17.4 Å². The van der Waals surface area contributed by atoms with Crippen LogP contribution < -0.4 is 10.5 Å². The molecule has 1 atom stereocenters. The summed E-state index contributed by atoms with van der Waals surface area (Å²) in [7, 11) is 1.35. The van der Waals surface area contributed by atoms with E-state index in [1.807, 2.05) is 57.2 Å². The number of nitrogens with zero attached hydrogens (tertiary/aromatic N) is 2. The Balaban J connectivity index is 2.13. The molecule has 1 unspecified atom stereocenters. The lowest BCUT2D eigenvalue weighted by Crippen LogP contribution is -2.41. The molecule has 0 aliphatic carbocycles. The van der Waals surface area contributed by atoms with Gasteiger partial charge in [0.1, 0.15) is 11.6 Å². The topological polar surface area (TPSA) is 114 Å². The van der Waals surface area contributed by atoms with Crippen LogP contribution >= 0.6 is 0 Å². The third kappa shape index (κ3) is 3.04. The highest BCUT2D eigenvalue weighted by atomic mass is 16.5. The molecule has 4 rings (SSSR count). The number of aromatic nitrogens is 2. The number of esters is 1. The average molecular weight is 428 g/mol. The van der Waals surface area contributed by atoms with E-state index in [0.717, 1.165) is 27.9 Å². The highest BCUT2D eigenvalue weighted by molar-refractivity contribution is 5.92. The van der Waals surface area contributed by atoms with Gasteiger partial charge in [-0.25, -0.2) is 4.79 Å². The maximum Gasteiger partial charge on any atom is 0.337 e. The molecular weight excluding hydrogens is 404 g/mol. The summed E-state index contributed by atoms with van der Waals surface area (Å²) in [4.78, 5) is 12.6. The fraction of sp³-hybridized carbons (Fsp3) is 0.240. The van der Waals surface area contributed by atoms with Crippen LogP contribution in [0.25, 0.3) is 11.1 Å². The van der Waals surface area contributed by atoms with Crippen molar-refractivity contribution in [2.24, 2.45) is 11.7 Å². The van der Waals surface area contributed by atoms with Crippen molar-refractivity contribution >= 4 is 5.97 Å². The third-order valence-electron chi connectivity index (χ3n) is 6.05. The van der Waals surface area contributed by atoms with Crippen molar-refractivity contribution in [1.29, 1.82) is 5.26 Å². The van der Waals surface area contributed by atoms with E-state index in [4.69, 9.17) is 15.2 Å². The Kier molecular flexibility index (Phi) is 5.23. The zero-order valence-corrected chi connectivity index (χ0v) is 18.4. The van der Waals surface area contributed by atoms with Gasteiger partial charge in [-0.05, 0) is 47.7 Å². The Morgan fingerprint density at radius 2 is 1.94 bits per heavy atom. The van der Waals surface area contributed by atoms with Crippen LogP contribution in [0.5, 0.6) is 5.88 Å². The lowest BCUT2D eigenvalue weighted by Gasteiger charge is -2.41. The summed E-state index contributed by atoms with van der Waals surface area (Å²) >= 11 is 0. The number of nitrogens with two attached hydrogens (primary N) is 1. The Morgan fingerprint density at radius 3 is 2.56 bits per heavy atom. The maximum absolute atomic E-state index is 12.6. The summed E-state index contributed by atoms with van der Waals surface area (Å²) in [5.74, 6) is -0.247. The number of H-pyrrole nitrogens is 1. The number of benzene rings is 2.